The van der Waals surface area contributed by atoms with E-state index in [-0.39, 0.29) is 17.6 Å². The molecule has 38 heavy (non-hydrogen) atoms. The first-order valence-electron chi connectivity index (χ1n) is 14.3. The lowest BCUT2D eigenvalue weighted by Gasteiger charge is -2.36. The number of amides is 2. The Bertz CT molecular complexity index is 1110. The van der Waals surface area contributed by atoms with Crippen molar-refractivity contribution in [1.29, 1.82) is 0 Å². The average Bonchev–Trinajstić information content (AvgIpc) is 3.49. The van der Waals surface area contributed by atoms with Crippen molar-refractivity contribution in [2.24, 2.45) is 5.73 Å². The number of carbonyl (C=O) groups excluding carboxylic acids is 2. The third-order valence-corrected chi connectivity index (χ3v) is 8.44. The van der Waals surface area contributed by atoms with Gasteiger partial charge in [-0.05, 0) is 75.2 Å². The minimum absolute atomic E-state index is 0.0529. The lowest BCUT2D eigenvalue weighted by atomic mass is 9.88. The normalized spacial score (nSPS) is 21.4. The maximum absolute atomic E-state index is 12.1. The molecule has 204 valence electrons. The minimum atomic E-state index is -0.621. The van der Waals surface area contributed by atoms with Crippen molar-refractivity contribution < 1.29 is 9.59 Å². The van der Waals surface area contributed by atoms with E-state index in [2.05, 4.69) is 49.7 Å². The molecule has 1 saturated carbocycles. The maximum atomic E-state index is 12.1. The van der Waals surface area contributed by atoms with Crippen molar-refractivity contribution in [2.75, 3.05) is 36.4 Å². The first-order chi connectivity index (χ1) is 18.5. The number of hydrogen-bond acceptors (Lipinski definition) is 7. The second-order valence-corrected chi connectivity index (χ2v) is 11.0. The molecule has 2 amide bonds. The van der Waals surface area contributed by atoms with E-state index < -0.39 is 5.91 Å². The number of benzene rings is 1. The van der Waals surface area contributed by atoms with Crippen molar-refractivity contribution >= 4 is 29.1 Å². The van der Waals surface area contributed by atoms with E-state index in [0.29, 0.717) is 30.5 Å². The second-order valence-electron chi connectivity index (χ2n) is 11.0. The molecule has 9 nitrogen and oxygen atoms in total. The van der Waals surface area contributed by atoms with Crippen molar-refractivity contribution in [3.8, 4) is 0 Å². The van der Waals surface area contributed by atoms with Gasteiger partial charge in [-0.25, -0.2) is 9.97 Å². The molecular formula is C29H41N7O2. The zero-order valence-electron chi connectivity index (χ0n) is 22.5. The highest BCUT2D eigenvalue weighted by atomic mass is 16.2. The minimum Gasteiger partial charge on any atom is -0.364 e. The number of piperidine rings is 2. The van der Waals surface area contributed by atoms with E-state index >= 15 is 0 Å². The van der Waals surface area contributed by atoms with Crippen molar-refractivity contribution in [1.82, 2.24) is 20.2 Å². The van der Waals surface area contributed by atoms with Gasteiger partial charge in [-0.2, -0.15) is 0 Å². The van der Waals surface area contributed by atoms with Gasteiger partial charge < -0.3 is 26.2 Å². The molecule has 0 bridgehead atoms. The molecule has 5 rings (SSSR count). The Kier molecular flexibility index (Phi) is 8.42. The highest BCUT2D eigenvalue weighted by molar-refractivity contribution is 5.96. The zero-order valence-corrected chi connectivity index (χ0v) is 22.5. The van der Waals surface area contributed by atoms with Gasteiger partial charge >= 0.3 is 0 Å². The number of nitrogens with one attached hydrogen (secondary N) is 2. The van der Waals surface area contributed by atoms with Crippen LogP contribution in [0.15, 0.2) is 30.5 Å². The summed E-state index contributed by atoms with van der Waals surface area (Å²) in [5, 5.41) is 6.36. The number of carbonyl (C=O) groups is 2. The van der Waals surface area contributed by atoms with E-state index in [0.717, 1.165) is 31.1 Å². The molecular weight excluding hydrogens is 478 g/mol. The van der Waals surface area contributed by atoms with Crippen molar-refractivity contribution in [3.05, 3.63) is 41.7 Å². The van der Waals surface area contributed by atoms with Crippen LogP contribution in [0, 0.1) is 0 Å². The molecule has 3 aliphatic rings. The first-order valence-corrected chi connectivity index (χ1v) is 14.3. The molecule has 2 aliphatic heterocycles. The predicted molar refractivity (Wildman–Crippen MR) is 150 cm³/mol. The Morgan fingerprint density at radius 1 is 1.00 bits per heavy atom. The number of nitrogens with zero attached hydrogens (tertiary/aromatic N) is 4. The Morgan fingerprint density at radius 2 is 1.74 bits per heavy atom. The number of hydrogen-bond donors (Lipinski definition) is 3. The maximum Gasteiger partial charge on any atom is 0.271 e. The number of primary amides is 1. The van der Waals surface area contributed by atoms with Crippen LogP contribution >= 0.6 is 0 Å². The molecule has 0 radical (unpaired) electrons. The van der Waals surface area contributed by atoms with Gasteiger partial charge in [-0.15, -0.1) is 0 Å². The Balaban J connectivity index is 1.24. The van der Waals surface area contributed by atoms with E-state index in [9.17, 15) is 9.59 Å². The fourth-order valence-electron chi connectivity index (χ4n) is 6.28. The molecule has 9 heteroatoms. The SMILES string of the molecule is CCC(=O)NC1CCCN(c2cnc(C(N)=O)c(Nc3ccc(C4CCN(C5CCCC5)CC4)cc3)n2)C1. The topological polar surface area (TPSA) is 116 Å². The van der Waals surface area contributed by atoms with Crippen LogP contribution < -0.4 is 21.3 Å². The smallest absolute Gasteiger partial charge is 0.271 e. The van der Waals surface area contributed by atoms with Gasteiger partial charge in [0.15, 0.2) is 11.5 Å². The van der Waals surface area contributed by atoms with E-state index in [4.69, 9.17) is 10.7 Å². The summed E-state index contributed by atoms with van der Waals surface area (Å²) in [4.78, 5) is 37.9. The summed E-state index contributed by atoms with van der Waals surface area (Å²) < 4.78 is 0. The Labute approximate surface area is 225 Å². The summed E-state index contributed by atoms with van der Waals surface area (Å²) >= 11 is 0. The molecule has 1 atom stereocenters. The highest BCUT2D eigenvalue weighted by Gasteiger charge is 2.28. The van der Waals surface area contributed by atoms with Crippen LogP contribution in [0.4, 0.5) is 17.3 Å². The summed E-state index contributed by atoms with van der Waals surface area (Å²) in [6.45, 7) is 5.72. The number of nitrogens with two attached hydrogens (primary N) is 1. The summed E-state index contributed by atoms with van der Waals surface area (Å²) in [7, 11) is 0. The fraction of sp³-hybridized carbons (Fsp3) is 0.586. The van der Waals surface area contributed by atoms with Crippen LogP contribution in [0.5, 0.6) is 0 Å². The van der Waals surface area contributed by atoms with Gasteiger partial charge in [0.05, 0.1) is 6.20 Å². The van der Waals surface area contributed by atoms with E-state index in [1.54, 1.807) is 6.20 Å². The highest BCUT2D eigenvalue weighted by Crippen LogP contribution is 2.33. The Morgan fingerprint density at radius 3 is 2.42 bits per heavy atom. The van der Waals surface area contributed by atoms with Crippen molar-refractivity contribution in [3.63, 3.8) is 0 Å². The lowest BCUT2D eigenvalue weighted by molar-refractivity contribution is -0.121. The van der Waals surface area contributed by atoms with Gasteiger partial charge in [-0.3, -0.25) is 9.59 Å². The van der Waals surface area contributed by atoms with Crippen LogP contribution in [0.2, 0.25) is 0 Å². The van der Waals surface area contributed by atoms with Gasteiger partial charge in [-0.1, -0.05) is 31.9 Å². The summed E-state index contributed by atoms with van der Waals surface area (Å²) in [6.07, 6.45) is 11.9. The van der Waals surface area contributed by atoms with E-state index in [1.807, 2.05) is 6.92 Å². The summed E-state index contributed by atoms with van der Waals surface area (Å²) in [6, 6.07) is 9.35. The number of likely N-dealkylation sites (tertiary alicyclic amines) is 1. The van der Waals surface area contributed by atoms with Gasteiger partial charge in [0.2, 0.25) is 5.91 Å². The zero-order chi connectivity index (χ0) is 26.5. The third kappa shape index (κ3) is 6.26. The van der Waals surface area contributed by atoms with Gasteiger partial charge in [0, 0.05) is 37.3 Å². The summed E-state index contributed by atoms with van der Waals surface area (Å²) in [5.41, 5.74) is 7.95. The van der Waals surface area contributed by atoms with Crippen molar-refractivity contribution in [2.45, 2.75) is 82.7 Å². The number of anilines is 3. The van der Waals surface area contributed by atoms with Gasteiger partial charge in [0.1, 0.15) is 5.82 Å². The molecule has 1 aromatic carbocycles. The predicted octanol–water partition coefficient (Wildman–Crippen LogP) is 3.94. The largest absolute Gasteiger partial charge is 0.364 e. The van der Waals surface area contributed by atoms with Crippen LogP contribution in [-0.2, 0) is 4.79 Å². The van der Waals surface area contributed by atoms with Crippen LogP contribution in [0.1, 0.15) is 86.7 Å². The molecule has 2 saturated heterocycles. The average molecular weight is 520 g/mol. The van der Waals surface area contributed by atoms with Gasteiger partial charge in [0.25, 0.3) is 5.91 Å². The molecule has 3 fully saturated rings. The molecule has 3 heterocycles. The third-order valence-electron chi connectivity index (χ3n) is 8.44. The monoisotopic (exact) mass is 519 g/mol. The number of rotatable bonds is 8. The molecule has 1 unspecified atom stereocenters. The van der Waals surface area contributed by atoms with Crippen LogP contribution in [-0.4, -0.2) is 64.9 Å². The number of aromatic nitrogens is 2. The molecule has 2 aromatic rings. The van der Waals surface area contributed by atoms with Crippen LogP contribution in [0.25, 0.3) is 0 Å². The fourth-order valence-corrected chi connectivity index (χ4v) is 6.28. The molecule has 1 aromatic heterocycles. The second kappa shape index (κ2) is 12.1. The standard InChI is InChI=1S/C29H41N7O2/c1-2-26(37)32-23-6-5-15-36(19-23)25-18-31-27(28(30)38)29(34-25)33-22-11-9-20(10-12-22)21-13-16-35(17-14-21)24-7-3-4-8-24/h9-12,18,21,23-24H,2-8,13-17,19H2,1H3,(H2,30,38)(H,32,37)(H,33,34). The molecule has 4 N–H and O–H groups in total. The van der Waals surface area contributed by atoms with Crippen LogP contribution in [0.3, 0.4) is 0 Å². The molecule has 1 aliphatic carbocycles. The Hall–Kier alpha value is -3.20. The summed E-state index contributed by atoms with van der Waals surface area (Å²) in [5.74, 6) is 1.04. The molecule has 0 spiro atoms. The lowest BCUT2D eigenvalue weighted by Crippen LogP contribution is -2.48. The quantitative estimate of drug-likeness (QED) is 0.484. The van der Waals surface area contributed by atoms with E-state index in [1.165, 1.54) is 57.2 Å². The first kappa shape index (κ1) is 26.4.